The molecule has 0 saturated carbocycles. The smallest absolute Gasteiger partial charge is 0.127 e. The van der Waals surface area contributed by atoms with E-state index in [1.165, 1.54) is 5.56 Å². The third-order valence-electron chi connectivity index (χ3n) is 4.47. The minimum atomic E-state index is 0.444. The molecule has 3 rings (SSSR count). The van der Waals surface area contributed by atoms with Crippen LogP contribution in [0.1, 0.15) is 37.4 Å². The van der Waals surface area contributed by atoms with E-state index < -0.39 is 0 Å². The monoisotopic (exact) mass is 364 g/mol. The van der Waals surface area contributed by atoms with Gasteiger partial charge in [0.05, 0.1) is 18.8 Å². The molecule has 142 valence electrons. The molecule has 0 spiro atoms. The molecule has 4 nitrogen and oxygen atoms in total. The summed E-state index contributed by atoms with van der Waals surface area (Å²) in [5, 5.41) is 4.66. The van der Waals surface area contributed by atoms with Gasteiger partial charge in [0.25, 0.3) is 0 Å². The molecule has 0 aliphatic carbocycles. The van der Waals surface area contributed by atoms with E-state index in [1.54, 1.807) is 7.11 Å². The van der Waals surface area contributed by atoms with Crippen LogP contribution in [-0.2, 0) is 11.3 Å². The summed E-state index contributed by atoms with van der Waals surface area (Å²) in [6.07, 6.45) is 2.93. The second-order valence-electron chi connectivity index (χ2n) is 6.98. The molecule has 2 aromatic carbocycles. The lowest BCUT2D eigenvalue weighted by Gasteiger charge is -2.12. The fourth-order valence-electron chi connectivity index (χ4n) is 3.01. The normalized spacial score (nSPS) is 11.1. The van der Waals surface area contributed by atoms with Crippen molar-refractivity contribution in [1.29, 1.82) is 0 Å². The summed E-state index contributed by atoms with van der Waals surface area (Å²) in [6, 6.07) is 18.9. The Morgan fingerprint density at radius 1 is 1.00 bits per heavy atom. The van der Waals surface area contributed by atoms with E-state index >= 15 is 0 Å². The number of methoxy groups -OCH3 is 1. The molecule has 0 atom stereocenters. The zero-order valence-corrected chi connectivity index (χ0v) is 16.4. The molecular formula is C23H28N2O2. The van der Waals surface area contributed by atoms with Gasteiger partial charge in [0.15, 0.2) is 0 Å². The van der Waals surface area contributed by atoms with Crippen molar-refractivity contribution < 1.29 is 9.47 Å². The van der Waals surface area contributed by atoms with Crippen LogP contribution in [0.25, 0.3) is 11.1 Å². The molecule has 0 radical (unpaired) electrons. The van der Waals surface area contributed by atoms with Gasteiger partial charge in [-0.25, -0.2) is 0 Å². The molecule has 3 aromatic rings. The van der Waals surface area contributed by atoms with Gasteiger partial charge < -0.3 is 9.47 Å². The fourth-order valence-corrected chi connectivity index (χ4v) is 3.01. The zero-order valence-electron chi connectivity index (χ0n) is 16.4. The number of ether oxygens (including phenoxy) is 2. The molecule has 0 N–H and O–H groups in total. The van der Waals surface area contributed by atoms with E-state index in [4.69, 9.17) is 9.47 Å². The highest BCUT2D eigenvalue weighted by Crippen LogP contribution is 2.30. The summed E-state index contributed by atoms with van der Waals surface area (Å²) >= 11 is 0. The van der Waals surface area contributed by atoms with Gasteiger partial charge in [-0.15, -0.1) is 0 Å². The predicted molar refractivity (Wildman–Crippen MR) is 109 cm³/mol. The lowest BCUT2D eigenvalue weighted by Crippen LogP contribution is -2.03. The minimum Gasteiger partial charge on any atom is -0.493 e. The molecule has 0 bridgehead atoms. The van der Waals surface area contributed by atoms with E-state index in [2.05, 4.69) is 61.5 Å². The van der Waals surface area contributed by atoms with Crippen LogP contribution in [-0.4, -0.2) is 30.1 Å². The topological polar surface area (TPSA) is 36.3 Å². The fraction of sp³-hybridized carbons (Fsp3) is 0.348. The number of aromatic nitrogens is 2. The van der Waals surface area contributed by atoms with E-state index in [1.807, 2.05) is 22.9 Å². The van der Waals surface area contributed by atoms with Gasteiger partial charge in [0.2, 0.25) is 0 Å². The van der Waals surface area contributed by atoms with Crippen molar-refractivity contribution in [2.75, 3.05) is 20.3 Å². The summed E-state index contributed by atoms with van der Waals surface area (Å²) in [6.45, 7) is 6.45. The van der Waals surface area contributed by atoms with Gasteiger partial charge in [-0.05, 0) is 35.2 Å². The van der Waals surface area contributed by atoms with Crippen LogP contribution in [0.5, 0.6) is 5.75 Å². The quantitative estimate of drug-likeness (QED) is 0.493. The number of para-hydroxylation sites is 1. The van der Waals surface area contributed by atoms with Crippen LogP contribution in [0.4, 0.5) is 0 Å². The van der Waals surface area contributed by atoms with Crippen molar-refractivity contribution in [3.63, 3.8) is 0 Å². The average molecular weight is 364 g/mol. The maximum atomic E-state index is 5.98. The van der Waals surface area contributed by atoms with Gasteiger partial charge in [0, 0.05) is 31.9 Å². The second kappa shape index (κ2) is 9.38. The van der Waals surface area contributed by atoms with Crippen molar-refractivity contribution in [2.24, 2.45) is 0 Å². The van der Waals surface area contributed by atoms with Crippen molar-refractivity contribution in [1.82, 2.24) is 9.78 Å². The van der Waals surface area contributed by atoms with Crippen molar-refractivity contribution in [3.8, 4) is 16.9 Å². The van der Waals surface area contributed by atoms with Crippen molar-refractivity contribution >= 4 is 0 Å². The molecule has 1 aromatic heterocycles. The molecule has 0 saturated heterocycles. The largest absolute Gasteiger partial charge is 0.493 e. The summed E-state index contributed by atoms with van der Waals surface area (Å²) in [5.41, 5.74) is 4.62. The lowest BCUT2D eigenvalue weighted by molar-refractivity contribution is 0.172. The first-order chi connectivity index (χ1) is 13.2. The average Bonchev–Trinajstić information content (AvgIpc) is 3.15. The molecule has 0 amide bonds. The third-order valence-corrected chi connectivity index (χ3v) is 4.47. The second-order valence-corrected chi connectivity index (χ2v) is 6.98. The molecule has 0 aliphatic heterocycles. The highest BCUT2D eigenvalue weighted by molar-refractivity contribution is 5.70. The van der Waals surface area contributed by atoms with Crippen LogP contribution in [0, 0.1) is 0 Å². The predicted octanol–water partition coefficient (Wildman–Crippen LogP) is 5.14. The van der Waals surface area contributed by atoms with E-state index in [-0.39, 0.29) is 0 Å². The van der Waals surface area contributed by atoms with Gasteiger partial charge in [-0.1, -0.05) is 50.2 Å². The van der Waals surface area contributed by atoms with Crippen molar-refractivity contribution in [3.05, 3.63) is 72.1 Å². The molecule has 1 heterocycles. The highest BCUT2D eigenvalue weighted by atomic mass is 16.5. The number of hydrogen-bond donors (Lipinski definition) is 0. The number of rotatable bonds is 9. The maximum Gasteiger partial charge on any atom is 0.127 e. The van der Waals surface area contributed by atoms with Crippen LogP contribution in [0.2, 0.25) is 0 Å². The standard InChI is InChI=1S/C23H28N2O2/c1-18(2)22-12-13-25(24-22)17-19-8-6-9-20(16-19)21-10-4-5-11-23(21)27-15-7-14-26-3/h4-6,8-13,16,18H,7,14-15,17H2,1-3H3. The number of nitrogens with zero attached hydrogens (tertiary/aromatic N) is 2. The van der Waals surface area contributed by atoms with E-state index in [0.717, 1.165) is 35.5 Å². The van der Waals surface area contributed by atoms with E-state index in [0.29, 0.717) is 19.1 Å². The minimum absolute atomic E-state index is 0.444. The number of hydrogen-bond acceptors (Lipinski definition) is 3. The molecule has 0 fully saturated rings. The van der Waals surface area contributed by atoms with Gasteiger partial charge >= 0.3 is 0 Å². The van der Waals surface area contributed by atoms with Crippen LogP contribution < -0.4 is 4.74 Å². The Hall–Kier alpha value is -2.59. The van der Waals surface area contributed by atoms with Gasteiger partial charge in [0.1, 0.15) is 5.75 Å². The van der Waals surface area contributed by atoms with Crippen LogP contribution >= 0.6 is 0 Å². The van der Waals surface area contributed by atoms with Crippen LogP contribution in [0.3, 0.4) is 0 Å². The van der Waals surface area contributed by atoms with Gasteiger partial charge in [-0.2, -0.15) is 5.10 Å². The summed E-state index contributed by atoms with van der Waals surface area (Å²) in [7, 11) is 1.71. The highest BCUT2D eigenvalue weighted by Gasteiger charge is 2.08. The van der Waals surface area contributed by atoms with Crippen molar-refractivity contribution in [2.45, 2.75) is 32.7 Å². The molecule has 0 aliphatic rings. The Morgan fingerprint density at radius 2 is 1.85 bits per heavy atom. The number of benzene rings is 2. The summed E-state index contributed by atoms with van der Waals surface area (Å²) < 4.78 is 13.1. The third kappa shape index (κ3) is 5.20. The first-order valence-corrected chi connectivity index (χ1v) is 9.51. The zero-order chi connectivity index (χ0) is 19.1. The van der Waals surface area contributed by atoms with Gasteiger partial charge in [-0.3, -0.25) is 4.68 Å². The Balaban J connectivity index is 1.77. The summed E-state index contributed by atoms with van der Waals surface area (Å²) in [4.78, 5) is 0. The molecule has 4 heteroatoms. The molecule has 27 heavy (non-hydrogen) atoms. The Morgan fingerprint density at radius 3 is 2.63 bits per heavy atom. The van der Waals surface area contributed by atoms with Crippen LogP contribution in [0.15, 0.2) is 60.8 Å². The summed E-state index contributed by atoms with van der Waals surface area (Å²) in [5.74, 6) is 1.35. The lowest BCUT2D eigenvalue weighted by atomic mass is 10.0. The van der Waals surface area contributed by atoms with E-state index in [9.17, 15) is 0 Å². The maximum absolute atomic E-state index is 5.98. The molecular weight excluding hydrogens is 336 g/mol. The first kappa shape index (κ1) is 19.2. The Bertz CT molecular complexity index is 855. The SMILES string of the molecule is COCCCOc1ccccc1-c1cccc(Cn2ccc(C(C)C)n2)c1. The Kier molecular flexibility index (Phi) is 6.66. The first-order valence-electron chi connectivity index (χ1n) is 9.51. The Labute approximate surface area is 161 Å². The molecule has 0 unspecified atom stereocenters.